The molecule has 1 aromatic heterocycles. The SMILES string of the molecule is Fc1cc(F)c(-c2noc3c(Cl)c(OCCBr)ccc23)c(F)c1. The van der Waals surface area contributed by atoms with Gasteiger partial charge in [-0.1, -0.05) is 32.7 Å². The molecule has 0 atom stereocenters. The van der Waals surface area contributed by atoms with Gasteiger partial charge in [0.2, 0.25) is 0 Å². The van der Waals surface area contributed by atoms with E-state index in [-0.39, 0.29) is 16.3 Å². The molecule has 0 unspecified atom stereocenters. The first-order valence-corrected chi connectivity index (χ1v) is 7.94. The molecule has 0 aliphatic carbocycles. The summed E-state index contributed by atoms with van der Waals surface area (Å²) < 4.78 is 51.4. The van der Waals surface area contributed by atoms with E-state index in [1.54, 1.807) is 6.07 Å². The van der Waals surface area contributed by atoms with Crippen LogP contribution < -0.4 is 4.74 Å². The maximum absolute atomic E-state index is 13.9. The number of alkyl halides is 1. The van der Waals surface area contributed by atoms with Crippen molar-refractivity contribution in [1.29, 1.82) is 0 Å². The zero-order valence-corrected chi connectivity index (χ0v) is 13.7. The molecule has 8 heteroatoms. The molecule has 0 aliphatic heterocycles. The lowest BCUT2D eigenvalue weighted by Gasteiger charge is -2.06. The summed E-state index contributed by atoms with van der Waals surface area (Å²) in [4.78, 5) is 0. The third-order valence-electron chi connectivity index (χ3n) is 3.12. The van der Waals surface area contributed by atoms with E-state index in [9.17, 15) is 13.2 Å². The fraction of sp³-hybridized carbons (Fsp3) is 0.133. The number of aromatic nitrogens is 1. The van der Waals surface area contributed by atoms with Gasteiger partial charge in [0.15, 0.2) is 5.58 Å². The summed E-state index contributed by atoms with van der Waals surface area (Å²) in [5.41, 5.74) is -0.434. The van der Waals surface area contributed by atoms with Crippen molar-refractivity contribution in [2.24, 2.45) is 0 Å². The average molecular weight is 407 g/mol. The average Bonchev–Trinajstić information content (AvgIpc) is 2.90. The van der Waals surface area contributed by atoms with Gasteiger partial charge in [0.25, 0.3) is 0 Å². The van der Waals surface area contributed by atoms with Gasteiger partial charge in [-0.3, -0.25) is 0 Å². The molecule has 0 amide bonds. The van der Waals surface area contributed by atoms with E-state index < -0.39 is 23.0 Å². The van der Waals surface area contributed by atoms with Gasteiger partial charge in [0, 0.05) is 17.5 Å². The summed E-state index contributed by atoms with van der Waals surface area (Å²) in [7, 11) is 0. The highest BCUT2D eigenvalue weighted by Crippen LogP contribution is 2.39. The third-order valence-corrected chi connectivity index (χ3v) is 3.81. The Hall–Kier alpha value is -1.73. The summed E-state index contributed by atoms with van der Waals surface area (Å²) >= 11 is 9.38. The standard InChI is InChI=1S/C15H8BrClF3NO2/c16-3-4-22-11-2-1-8-14(21-23-15(8)13(11)17)12-9(19)5-7(18)6-10(12)20/h1-2,5-6H,3-4H2. The second kappa shape index (κ2) is 6.41. The second-order valence-electron chi connectivity index (χ2n) is 4.57. The molecule has 0 spiro atoms. The molecule has 0 bridgehead atoms. The lowest BCUT2D eigenvalue weighted by Crippen LogP contribution is -1.98. The van der Waals surface area contributed by atoms with Gasteiger partial charge in [-0.15, -0.1) is 0 Å². The maximum Gasteiger partial charge on any atom is 0.189 e. The quantitative estimate of drug-likeness (QED) is 0.549. The minimum atomic E-state index is -1.08. The molecule has 0 aliphatic rings. The van der Waals surface area contributed by atoms with Gasteiger partial charge in [0.05, 0.1) is 17.6 Å². The Morgan fingerprint density at radius 2 is 1.87 bits per heavy atom. The van der Waals surface area contributed by atoms with Crippen molar-refractivity contribution < 1.29 is 22.4 Å². The second-order valence-corrected chi connectivity index (χ2v) is 5.74. The Bertz CT molecular complexity index is 862. The number of hydrogen-bond acceptors (Lipinski definition) is 3. The zero-order chi connectivity index (χ0) is 16.6. The first kappa shape index (κ1) is 16.1. The Morgan fingerprint density at radius 3 is 2.52 bits per heavy atom. The van der Waals surface area contributed by atoms with Gasteiger partial charge in [-0.25, -0.2) is 13.2 Å². The maximum atomic E-state index is 13.9. The number of rotatable bonds is 4. The molecular weight excluding hydrogens is 399 g/mol. The first-order chi connectivity index (χ1) is 11.0. The molecule has 0 saturated carbocycles. The molecule has 0 fully saturated rings. The van der Waals surface area contributed by atoms with Crippen molar-refractivity contribution in [2.45, 2.75) is 0 Å². The Kier molecular flexibility index (Phi) is 4.50. The third kappa shape index (κ3) is 2.90. The number of ether oxygens (including phenoxy) is 1. The molecule has 3 nitrogen and oxygen atoms in total. The molecule has 2 aromatic carbocycles. The number of benzene rings is 2. The van der Waals surface area contributed by atoms with Gasteiger partial charge in [-0.05, 0) is 12.1 Å². The fourth-order valence-electron chi connectivity index (χ4n) is 2.16. The predicted octanol–water partition coefficient (Wildman–Crippen LogP) is 5.34. The molecule has 0 radical (unpaired) electrons. The summed E-state index contributed by atoms with van der Waals surface area (Å²) in [5, 5.41) is 4.72. The lowest BCUT2D eigenvalue weighted by molar-refractivity contribution is 0.344. The van der Waals surface area contributed by atoms with Crippen molar-refractivity contribution >= 4 is 38.5 Å². The van der Waals surface area contributed by atoms with Crippen LogP contribution in [0.25, 0.3) is 22.2 Å². The summed E-state index contributed by atoms with van der Waals surface area (Å²) in [6.45, 7) is 0.382. The molecule has 1 heterocycles. The van der Waals surface area contributed by atoms with E-state index >= 15 is 0 Å². The highest BCUT2D eigenvalue weighted by molar-refractivity contribution is 9.09. The molecule has 3 rings (SSSR count). The minimum absolute atomic E-state index is 0.0936. The topological polar surface area (TPSA) is 35.3 Å². The fourth-order valence-corrected chi connectivity index (χ4v) is 2.58. The molecule has 0 N–H and O–H groups in total. The van der Waals surface area contributed by atoms with Crippen LogP contribution in [0, 0.1) is 17.5 Å². The molecule has 23 heavy (non-hydrogen) atoms. The lowest BCUT2D eigenvalue weighted by atomic mass is 10.1. The predicted molar refractivity (Wildman–Crippen MR) is 83.6 cm³/mol. The van der Waals surface area contributed by atoms with Crippen LogP contribution >= 0.6 is 27.5 Å². The minimum Gasteiger partial charge on any atom is -0.491 e. The van der Waals surface area contributed by atoms with Gasteiger partial charge in [-0.2, -0.15) is 0 Å². The van der Waals surface area contributed by atoms with E-state index in [1.807, 2.05) is 0 Å². The largest absolute Gasteiger partial charge is 0.491 e. The van der Waals surface area contributed by atoms with Gasteiger partial charge < -0.3 is 9.26 Å². The number of halogens is 5. The molecule has 0 saturated heterocycles. The Morgan fingerprint density at radius 1 is 1.17 bits per heavy atom. The van der Waals surface area contributed by atoms with Crippen LogP contribution in [0.2, 0.25) is 5.02 Å². The van der Waals surface area contributed by atoms with E-state index in [0.29, 0.717) is 35.2 Å². The smallest absolute Gasteiger partial charge is 0.189 e. The van der Waals surface area contributed by atoms with Gasteiger partial charge in [0.1, 0.15) is 33.9 Å². The summed E-state index contributed by atoms with van der Waals surface area (Å²) in [6.07, 6.45) is 0. The summed E-state index contributed by atoms with van der Waals surface area (Å²) in [6, 6.07) is 4.23. The zero-order valence-electron chi connectivity index (χ0n) is 11.4. The number of nitrogens with zero attached hydrogens (tertiary/aromatic N) is 1. The van der Waals surface area contributed by atoms with Crippen LogP contribution in [0.4, 0.5) is 13.2 Å². The number of fused-ring (bicyclic) bond motifs is 1. The first-order valence-electron chi connectivity index (χ1n) is 6.44. The molecular formula is C15H8BrClF3NO2. The normalized spacial score (nSPS) is 11.2. The van der Waals surface area contributed by atoms with E-state index in [4.69, 9.17) is 20.9 Å². The van der Waals surface area contributed by atoms with Crippen molar-refractivity contribution in [3.63, 3.8) is 0 Å². The molecule has 3 aromatic rings. The van der Waals surface area contributed by atoms with Crippen LogP contribution in [0.3, 0.4) is 0 Å². The van der Waals surface area contributed by atoms with Crippen LogP contribution in [0.15, 0.2) is 28.8 Å². The van der Waals surface area contributed by atoms with E-state index in [2.05, 4.69) is 21.1 Å². The van der Waals surface area contributed by atoms with Crippen LogP contribution in [0.5, 0.6) is 5.75 Å². The van der Waals surface area contributed by atoms with Crippen molar-refractivity contribution in [2.75, 3.05) is 11.9 Å². The van der Waals surface area contributed by atoms with Crippen LogP contribution in [0.1, 0.15) is 0 Å². The van der Waals surface area contributed by atoms with E-state index in [0.717, 1.165) is 0 Å². The van der Waals surface area contributed by atoms with Crippen molar-refractivity contribution in [3.05, 3.63) is 46.7 Å². The van der Waals surface area contributed by atoms with E-state index in [1.165, 1.54) is 6.07 Å². The summed E-state index contributed by atoms with van der Waals surface area (Å²) in [5.74, 6) is -2.80. The van der Waals surface area contributed by atoms with Crippen LogP contribution in [-0.2, 0) is 0 Å². The van der Waals surface area contributed by atoms with Crippen molar-refractivity contribution in [1.82, 2.24) is 5.16 Å². The monoisotopic (exact) mass is 405 g/mol. The highest BCUT2D eigenvalue weighted by Gasteiger charge is 2.22. The van der Waals surface area contributed by atoms with Gasteiger partial charge >= 0.3 is 0 Å². The van der Waals surface area contributed by atoms with Crippen LogP contribution in [-0.4, -0.2) is 17.1 Å². The number of hydrogen-bond donors (Lipinski definition) is 0. The Labute approximate surface area is 142 Å². The molecule has 120 valence electrons. The van der Waals surface area contributed by atoms with Crippen molar-refractivity contribution in [3.8, 4) is 17.0 Å². The Balaban J connectivity index is 2.16. The highest BCUT2D eigenvalue weighted by atomic mass is 79.9.